The number of carbonyl (C=O) groups excluding carboxylic acids is 8. The van der Waals surface area contributed by atoms with E-state index in [1.165, 1.54) is 4.90 Å². The fourth-order valence-corrected chi connectivity index (χ4v) is 6.87. The Morgan fingerprint density at radius 3 is 2.12 bits per heavy atom. The predicted octanol–water partition coefficient (Wildman–Crippen LogP) is -2.27. The SMILES string of the molecule is CC(C)CC(N)C(=O)NC(CC(N)=O)C(=O)NC(Cc1ccccc1)C(=O)NC(CO)C(=O)N1CCCC1C(=O)NCC(=O)NC(Cc1c[nH]c2ccccc12)C(N)=O. The monoisotopic (exact) mass is 818 g/mol. The van der Waals surface area contributed by atoms with Crippen LogP contribution in [0.15, 0.2) is 60.8 Å². The first-order valence-electron chi connectivity index (χ1n) is 19.4. The number of fused-ring (bicyclic) bond motifs is 1. The number of benzene rings is 2. The molecular formula is C40H54N10O9. The van der Waals surface area contributed by atoms with Crippen molar-refractivity contribution >= 4 is 58.2 Å². The lowest BCUT2D eigenvalue weighted by molar-refractivity contribution is -0.143. The number of primary amides is 2. The summed E-state index contributed by atoms with van der Waals surface area (Å²) in [4.78, 5) is 108. The number of rotatable bonds is 21. The van der Waals surface area contributed by atoms with Gasteiger partial charge in [-0.05, 0) is 42.4 Å². The number of hydrogen-bond acceptors (Lipinski definition) is 10. The van der Waals surface area contributed by atoms with Gasteiger partial charge in [0.25, 0.3) is 0 Å². The maximum atomic E-state index is 13.8. The number of aromatic amines is 1. The number of nitrogens with two attached hydrogens (primary N) is 3. The van der Waals surface area contributed by atoms with E-state index < -0.39 is 103 Å². The lowest BCUT2D eigenvalue weighted by Gasteiger charge is -2.29. The third-order valence-electron chi connectivity index (χ3n) is 9.85. The summed E-state index contributed by atoms with van der Waals surface area (Å²) in [6, 6.07) is 8.45. The standard InChI is InChI=1S/C40H54N10O9/c1-22(2)15-26(41)36(55)47-30(18-33(42)52)38(57)48-29(16-23-9-4-3-5-10-23)37(56)49-31(21-51)40(59)50-14-8-13-32(50)39(58)45-20-34(53)46-28(35(43)54)17-24-19-44-27-12-7-6-11-25(24)27/h3-7,9-12,19,22,26,28-32,44,51H,8,13-18,20-21,41H2,1-2H3,(H2,42,52)(H2,43,54)(H,45,58)(H,46,53)(H,47,55)(H,48,57)(H,49,56). The first kappa shape index (κ1) is 45.4. The Kier molecular flexibility index (Phi) is 16.5. The van der Waals surface area contributed by atoms with Crippen molar-refractivity contribution in [2.45, 2.75) is 88.6 Å². The van der Waals surface area contributed by atoms with Crippen LogP contribution >= 0.6 is 0 Å². The fraction of sp³-hybridized carbons (Fsp3) is 0.450. The molecule has 1 aliphatic rings. The highest BCUT2D eigenvalue weighted by molar-refractivity contribution is 5.98. The highest BCUT2D eigenvalue weighted by Crippen LogP contribution is 2.20. The molecule has 8 amide bonds. The molecule has 1 saturated heterocycles. The van der Waals surface area contributed by atoms with E-state index in [0.717, 1.165) is 16.5 Å². The Morgan fingerprint density at radius 1 is 0.814 bits per heavy atom. The number of para-hydroxylation sites is 1. The Hall–Kier alpha value is -6.34. The van der Waals surface area contributed by atoms with Crippen molar-refractivity contribution in [2.75, 3.05) is 19.7 Å². The highest BCUT2D eigenvalue weighted by atomic mass is 16.3. The van der Waals surface area contributed by atoms with E-state index in [4.69, 9.17) is 17.2 Å². The minimum atomic E-state index is -1.55. The molecule has 0 spiro atoms. The molecular weight excluding hydrogens is 765 g/mol. The van der Waals surface area contributed by atoms with Crippen molar-refractivity contribution in [1.82, 2.24) is 36.5 Å². The summed E-state index contributed by atoms with van der Waals surface area (Å²) < 4.78 is 0. The average Bonchev–Trinajstić information content (AvgIpc) is 3.86. The highest BCUT2D eigenvalue weighted by Gasteiger charge is 2.39. The van der Waals surface area contributed by atoms with E-state index in [0.29, 0.717) is 18.4 Å². The van der Waals surface area contributed by atoms with Gasteiger partial charge in [0, 0.05) is 36.5 Å². The van der Waals surface area contributed by atoms with Gasteiger partial charge in [0.1, 0.15) is 30.2 Å². The number of hydrogen-bond donors (Lipinski definition) is 10. The molecule has 3 aromatic rings. The zero-order valence-corrected chi connectivity index (χ0v) is 33.1. The van der Waals surface area contributed by atoms with Gasteiger partial charge in [-0.3, -0.25) is 38.4 Å². The van der Waals surface area contributed by atoms with Crippen molar-refractivity contribution in [3.05, 3.63) is 71.9 Å². The van der Waals surface area contributed by atoms with Crippen LogP contribution in [-0.4, -0.2) is 118 Å². The summed E-state index contributed by atoms with van der Waals surface area (Å²) in [6.07, 6.45) is 2.05. The second-order valence-electron chi connectivity index (χ2n) is 15.0. The zero-order chi connectivity index (χ0) is 43.2. The van der Waals surface area contributed by atoms with Gasteiger partial charge >= 0.3 is 0 Å². The molecule has 318 valence electrons. The second-order valence-corrected chi connectivity index (χ2v) is 15.0. The molecule has 0 radical (unpaired) electrons. The predicted molar refractivity (Wildman–Crippen MR) is 215 cm³/mol. The molecule has 0 bridgehead atoms. The van der Waals surface area contributed by atoms with Gasteiger partial charge in [-0.2, -0.15) is 0 Å². The molecule has 19 nitrogen and oxygen atoms in total. The van der Waals surface area contributed by atoms with E-state index in [1.807, 2.05) is 38.1 Å². The van der Waals surface area contributed by atoms with Crippen molar-refractivity contribution in [2.24, 2.45) is 23.1 Å². The number of carbonyl (C=O) groups is 8. The van der Waals surface area contributed by atoms with Gasteiger partial charge in [-0.25, -0.2) is 0 Å². The van der Waals surface area contributed by atoms with Gasteiger partial charge in [0.2, 0.25) is 47.3 Å². The molecule has 6 unspecified atom stereocenters. The molecule has 1 fully saturated rings. The summed E-state index contributed by atoms with van der Waals surface area (Å²) >= 11 is 0. The van der Waals surface area contributed by atoms with Crippen LogP contribution in [0.4, 0.5) is 0 Å². The first-order chi connectivity index (χ1) is 28.1. The van der Waals surface area contributed by atoms with E-state index in [-0.39, 0.29) is 31.7 Å². The van der Waals surface area contributed by atoms with E-state index in [1.54, 1.807) is 36.5 Å². The van der Waals surface area contributed by atoms with Crippen LogP contribution in [0.3, 0.4) is 0 Å². The van der Waals surface area contributed by atoms with Gasteiger partial charge < -0.3 is 58.8 Å². The van der Waals surface area contributed by atoms with Crippen LogP contribution < -0.4 is 43.8 Å². The van der Waals surface area contributed by atoms with Crippen LogP contribution in [0.1, 0.15) is 50.7 Å². The number of likely N-dealkylation sites (tertiary alicyclic amines) is 1. The molecule has 1 aliphatic heterocycles. The van der Waals surface area contributed by atoms with Gasteiger partial charge in [-0.15, -0.1) is 0 Å². The molecule has 0 saturated carbocycles. The molecule has 0 aliphatic carbocycles. The van der Waals surface area contributed by atoms with Crippen molar-refractivity contribution < 1.29 is 43.5 Å². The summed E-state index contributed by atoms with van der Waals surface area (Å²) in [5.41, 5.74) is 19.1. The van der Waals surface area contributed by atoms with Crippen LogP contribution in [0, 0.1) is 5.92 Å². The van der Waals surface area contributed by atoms with E-state index in [9.17, 15) is 43.5 Å². The molecule has 1 aromatic heterocycles. The zero-order valence-electron chi connectivity index (χ0n) is 33.1. The Balaban J connectivity index is 1.40. The summed E-state index contributed by atoms with van der Waals surface area (Å²) in [5, 5.41) is 23.6. The maximum Gasteiger partial charge on any atom is 0.248 e. The largest absolute Gasteiger partial charge is 0.394 e. The van der Waals surface area contributed by atoms with Crippen molar-refractivity contribution in [3.63, 3.8) is 0 Å². The second kappa shape index (κ2) is 21.4. The number of aliphatic hydroxyl groups excluding tert-OH is 1. The number of nitrogens with zero attached hydrogens (tertiary/aromatic N) is 1. The third-order valence-corrected chi connectivity index (χ3v) is 9.85. The minimum absolute atomic E-state index is 0.0576. The van der Waals surface area contributed by atoms with E-state index in [2.05, 4.69) is 31.6 Å². The van der Waals surface area contributed by atoms with E-state index >= 15 is 0 Å². The minimum Gasteiger partial charge on any atom is -0.394 e. The first-order valence-corrected chi connectivity index (χ1v) is 19.4. The normalized spacial score (nSPS) is 16.3. The Morgan fingerprint density at radius 2 is 1.46 bits per heavy atom. The number of nitrogens with one attached hydrogen (secondary N) is 6. The van der Waals surface area contributed by atoms with Crippen LogP contribution in [0.25, 0.3) is 10.9 Å². The van der Waals surface area contributed by atoms with Gasteiger partial charge in [-0.1, -0.05) is 62.4 Å². The average molecular weight is 819 g/mol. The molecule has 13 N–H and O–H groups in total. The van der Waals surface area contributed by atoms with Crippen molar-refractivity contribution in [3.8, 4) is 0 Å². The maximum absolute atomic E-state index is 13.8. The Labute approximate surface area is 340 Å². The summed E-state index contributed by atoms with van der Waals surface area (Å²) in [6.45, 7) is 2.41. The number of H-pyrrole nitrogens is 1. The molecule has 2 aromatic carbocycles. The molecule has 2 heterocycles. The van der Waals surface area contributed by atoms with Crippen molar-refractivity contribution in [1.29, 1.82) is 0 Å². The van der Waals surface area contributed by atoms with Gasteiger partial charge in [0.15, 0.2) is 0 Å². The van der Waals surface area contributed by atoms with Crippen LogP contribution in [-0.2, 0) is 51.2 Å². The number of amides is 8. The molecule has 19 heteroatoms. The third kappa shape index (κ3) is 13.1. The molecule has 59 heavy (non-hydrogen) atoms. The van der Waals surface area contributed by atoms with Gasteiger partial charge in [0.05, 0.1) is 25.6 Å². The smallest absolute Gasteiger partial charge is 0.248 e. The van der Waals surface area contributed by atoms with Crippen LogP contribution in [0.5, 0.6) is 0 Å². The lowest BCUT2D eigenvalue weighted by Crippen LogP contribution is -2.60. The Bertz CT molecular complexity index is 1990. The summed E-state index contributed by atoms with van der Waals surface area (Å²) in [5.74, 6) is -6.28. The topological polar surface area (TPSA) is 314 Å². The number of aromatic nitrogens is 1. The lowest BCUT2D eigenvalue weighted by atomic mass is 10.0. The van der Waals surface area contributed by atoms with Crippen LogP contribution in [0.2, 0.25) is 0 Å². The number of aliphatic hydroxyl groups is 1. The fourth-order valence-electron chi connectivity index (χ4n) is 6.87. The molecule has 4 rings (SSSR count). The quantitative estimate of drug-likeness (QED) is 0.0550. The molecule has 6 atom stereocenters. The summed E-state index contributed by atoms with van der Waals surface area (Å²) in [7, 11) is 0.